The maximum Gasteiger partial charge on any atom is 0.308 e. The second-order valence-electron chi connectivity index (χ2n) is 9.44. The lowest BCUT2D eigenvalue weighted by Crippen LogP contribution is -2.26. The predicted molar refractivity (Wildman–Crippen MR) is 129 cm³/mol. The number of methoxy groups -OCH3 is 2. The molecule has 0 spiro atoms. The first-order valence-corrected chi connectivity index (χ1v) is 11.9. The Hall–Kier alpha value is -3.20. The molecule has 1 saturated carbocycles. The van der Waals surface area contributed by atoms with Gasteiger partial charge in [-0.2, -0.15) is 10.1 Å². The van der Waals surface area contributed by atoms with E-state index in [1.54, 1.807) is 7.11 Å². The molecule has 1 N–H and O–H groups in total. The summed E-state index contributed by atoms with van der Waals surface area (Å²) >= 11 is 0. The number of esters is 1. The summed E-state index contributed by atoms with van der Waals surface area (Å²) in [6.45, 7) is 3.92. The molecule has 2 aromatic heterocycles. The van der Waals surface area contributed by atoms with Crippen molar-refractivity contribution in [3.8, 4) is 5.75 Å². The van der Waals surface area contributed by atoms with Crippen LogP contribution in [0.3, 0.4) is 0 Å². The first-order valence-electron chi connectivity index (χ1n) is 11.9. The smallest absolute Gasteiger partial charge is 0.308 e. The van der Waals surface area contributed by atoms with Crippen LogP contribution < -0.4 is 10.1 Å². The van der Waals surface area contributed by atoms with Crippen molar-refractivity contribution in [3.05, 3.63) is 35.2 Å². The monoisotopic (exact) mass is 464 g/mol. The van der Waals surface area contributed by atoms with Gasteiger partial charge in [-0.05, 0) is 62.9 Å². The maximum atomic E-state index is 12.2. The van der Waals surface area contributed by atoms with E-state index in [-0.39, 0.29) is 17.9 Å². The number of nitrogens with one attached hydrogen (secondary N) is 1. The zero-order chi connectivity index (χ0) is 23.8. The number of fused-ring (bicyclic) bond motifs is 2. The molecule has 9 nitrogen and oxygen atoms in total. The van der Waals surface area contributed by atoms with E-state index in [0.717, 1.165) is 66.9 Å². The predicted octanol–water partition coefficient (Wildman–Crippen LogP) is 3.78. The molecular weight excluding hydrogens is 432 g/mol. The molecule has 2 aliphatic rings. The average molecular weight is 465 g/mol. The van der Waals surface area contributed by atoms with E-state index in [9.17, 15) is 4.79 Å². The minimum absolute atomic E-state index is 0.0966. The van der Waals surface area contributed by atoms with Crippen molar-refractivity contribution in [3.63, 3.8) is 0 Å². The van der Waals surface area contributed by atoms with Gasteiger partial charge in [0.25, 0.3) is 0 Å². The molecular formula is C25H32N6O3. The minimum atomic E-state index is -0.139. The summed E-state index contributed by atoms with van der Waals surface area (Å²) < 4.78 is 12.7. The molecule has 0 bridgehead atoms. The Morgan fingerprint density at radius 3 is 2.85 bits per heavy atom. The van der Waals surface area contributed by atoms with Crippen molar-refractivity contribution in [2.24, 2.45) is 5.92 Å². The number of hydrogen-bond acceptors (Lipinski definition) is 8. The molecule has 1 aliphatic carbocycles. The number of carbonyl (C=O) groups is 1. The first kappa shape index (κ1) is 22.6. The van der Waals surface area contributed by atoms with Gasteiger partial charge in [0.2, 0.25) is 5.95 Å². The lowest BCUT2D eigenvalue weighted by Gasteiger charge is -2.28. The normalized spacial score (nSPS) is 20.7. The molecule has 5 rings (SSSR count). The molecule has 0 unspecified atom stereocenters. The van der Waals surface area contributed by atoms with Gasteiger partial charge in [-0.1, -0.05) is 6.42 Å². The fraction of sp³-hybridized carbons (Fsp3) is 0.520. The van der Waals surface area contributed by atoms with Crippen LogP contribution in [0.2, 0.25) is 0 Å². The number of hydrogen-bond donors (Lipinski definition) is 1. The zero-order valence-corrected chi connectivity index (χ0v) is 20.3. The summed E-state index contributed by atoms with van der Waals surface area (Å²) in [7, 11) is 5.28. The molecule has 3 heterocycles. The van der Waals surface area contributed by atoms with E-state index in [1.807, 2.05) is 17.8 Å². The summed E-state index contributed by atoms with van der Waals surface area (Å²) in [6, 6.07) is 4.36. The average Bonchev–Trinajstić information content (AvgIpc) is 3.18. The Balaban J connectivity index is 1.47. The Kier molecular flexibility index (Phi) is 6.12. The van der Waals surface area contributed by atoms with Crippen LogP contribution in [0, 0.1) is 12.8 Å². The number of aromatic nitrogens is 4. The van der Waals surface area contributed by atoms with Crippen LogP contribution in [0.15, 0.2) is 18.3 Å². The fourth-order valence-corrected chi connectivity index (χ4v) is 5.26. The maximum absolute atomic E-state index is 12.2. The Morgan fingerprint density at radius 1 is 1.21 bits per heavy atom. The Morgan fingerprint density at radius 2 is 2.06 bits per heavy atom. The molecule has 0 amide bonds. The van der Waals surface area contributed by atoms with Gasteiger partial charge in [0.15, 0.2) is 5.65 Å². The van der Waals surface area contributed by atoms with Crippen LogP contribution in [-0.2, 0) is 22.5 Å². The highest BCUT2D eigenvalue weighted by molar-refractivity contribution is 5.79. The van der Waals surface area contributed by atoms with Gasteiger partial charge in [0, 0.05) is 19.3 Å². The highest BCUT2D eigenvalue weighted by atomic mass is 16.5. The quantitative estimate of drug-likeness (QED) is 0.570. The second-order valence-corrected chi connectivity index (χ2v) is 9.44. The topological polar surface area (TPSA) is 94.4 Å². The van der Waals surface area contributed by atoms with Crippen LogP contribution >= 0.6 is 0 Å². The number of ether oxygens (including phenoxy) is 2. The van der Waals surface area contributed by atoms with Gasteiger partial charge in [-0.3, -0.25) is 4.79 Å². The molecule has 1 aromatic carbocycles. The van der Waals surface area contributed by atoms with Crippen LogP contribution in [0.5, 0.6) is 5.75 Å². The standard InChI is InChI=1S/C25H32N6O3/c1-15-20-13-26-25(27-21-11-18-14-30(2)9-8-16(18)12-22(21)33-3)28-23(20)31(29-15)19-7-5-6-17(10-19)24(32)34-4/h11-13,17,19H,5-10,14H2,1-4H3,(H,26,27,28)/t17-,19-/m1/s1. The van der Waals surface area contributed by atoms with Crippen molar-refractivity contribution in [2.75, 3.05) is 33.1 Å². The van der Waals surface area contributed by atoms with E-state index in [0.29, 0.717) is 12.4 Å². The minimum Gasteiger partial charge on any atom is -0.495 e. The molecule has 2 atom stereocenters. The molecule has 1 fully saturated rings. The highest BCUT2D eigenvalue weighted by Crippen LogP contribution is 2.36. The highest BCUT2D eigenvalue weighted by Gasteiger charge is 2.31. The summed E-state index contributed by atoms with van der Waals surface area (Å²) in [5.74, 6) is 1.04. The van der Waals surface area contributed by atoms with E-state index >= 15 is 0 Å². The molecule has 9 heteroatoms. The van der Waals surface area contributed by atoms with Crippen LogP contribution in [0.4, 0.5) is 11.6 Å². The molecule has 0 saturated heterocycles. The van der Waals surface area contributed by atoms with E-state index in [1.165, 1.54) is 18.2 Å². The van der Waals surface area contributed by atoms with E-state index in [4.69, 9.17) is 19.6 Å². The first-order chi connectivity index (χ1) is 16.5. The van der Waals surface area contributed by atoms with Gasteiger partial charge < -0.3 is 19.7 Å². The van der Waals surface area contributed by atoms with E-state index in [2.05, 4.69) is 34.4 Å². The van der Waals surface area contributed by atoms with Crippen molar-refractivity contribution in [2.45, 2.75) is 51.6 Å². The number of carbonyl (C=O) groups excluding carboxylic acids is 1. The number of nitrogens with zero attached hydrogens (tertiary/aromatic N) is 5. The third kappa shape index (κ3) is 4.20. The zero-order valence-electron chi connectivity index (χ0n) is 20.3. The Bertz CT molecular complexity index is 1220. The SMILES string of the molecule is COC(=O)[C@@H]1CCC[C@@H](n2nc(C)c3cnc(Nc4cc5c(cc4OC)CCN(C)C5)nc32)C1. The van der Waals surface area contributed by atoms with Crippen LogP contribution in [0.25, 0.3) is 11.0 Å². The van der Waals surface area contributed by atoms with Gasteiger partial charge in [-0.15, -0.1) is 0 Å². The van der Waals surface area contributed by atoms with Crippen molar-refractivity contribution in [1.29, 1.82) is 0 Å². The number of rotatable bonds is 5. The number of likely N-dealkylation sites (N-methyl/N-ethyl adjacent to an activating group) is 1. The van der Waals surface area contributed by atoms with Gasteiger partial charge in [0.1, 0.15) is 5.75 Å². The third-order valence-corrected chi connectivity index (χ3v) is 7.13. The van der Waals surface area contributed by atoms with Crippen molar-refractivity contribution < 1.29 is 14.3 Å². The molecule has 0 radical (unpaired) electrons. The van der Waals surface area contributed by atoms with Gasteiger partial charge >= 0.3 is 5.97 Å². The summed E-state index contributed by atoms with van der Waals surface area (Å²) in [6.07, 6.45) is 6.32. The van der Waals surface area contributed by atoms with Gasteiger partial charge in [0.05, 0.1) is 42.9 Å². The summed E-state index contributed by atoms with van der Waals surface area (Å²) in [5.41, 5.74) is 5.12. The lowest BCUT2D eigenvalue weighted by atomic mass is 9.86. The molecule has 34 heavy (non-hydrogen) atoms. The van der Waals surface area contributed by atoms with Crippen molar-refractivity contribution in [1.82, 2.24) is 24.6 Å². The molecule has 180 valence electrons. The second kappa shape index (κ2) is 9.21. The number of aryl methyl sites for hydroxylation is 1. The largest absolute Gasteiger partial charge is 0.495 e. The molecule has 1 aliphatic heterocycles. The Labute approximate surface area is 199 Å². The van der Waals surface area contributed by atoms with Crippen molar-refractivity contribution >= 4 is 28.6 Å². The third-order valence-electron chi connectivity index (χ3n) is 7.13. The van der Waals surface area contributed by atoms with Gasteiger partial charge in [-0.25, -0.2) is 9.67 Å². The molecule has 3 aromatic rings. The number of anilines is 2. The summed E-state index contributed by atoms with van der Waals surface area (Å²) in [4.78, 5) is 23.9. The van der Waals surface area contributed by atoms with E-state index < -0.39 is 0 Å². The lowest BCUT2D eigenvalue weighted by molar-refractivity contribution is -0.147. The van der Waals surface area contributed by atoms with Crippen LogP contribution in [-0.4, -0.2) is 58.4 Å². The number of benzene rings is 1. The van der Waals surface area contributed by atoms with Crippen LogP contribution in [0.1, 0.15) is 48.5 Å². The summed E-state index contributed by atoms with van der Waals surface area (Å²) in [5, 5.41) is 9.08. The fourth-order valence-electron chi connectivity index (χ4n) is 5.26.